The van der Waals surface area contributed by atoms with Crippen LogP contribution in [0, 0.1) is 0 Å². The van der Waals surface area contributed by atoms with E-state index in [9.17, 15) is 4.79 Å². The molecule has 0 fully saturated rings. The topological polar surface area (TPSA) is 51.7 Å². The molecule has 1 amide bonds. The van der Waals surface area contributed by atoms with E-state index in [-0.39, 0.29) is 5.91 Å². The smallest absolute Gasteiger partial charge is 0.277 e. The Bertz CT molecular complexity index is 972. The second-order valence-electron chi connectivity index (χ2n) is 6.27. The fourth-order valence-corrected chi connectivity index (χ4v) is 2.99. The van der Waals surface area contributed by atoms with Crippen LogP contribution in [0.3, 0.4) is 0 Å². The lowest BCUT2D eigenvalue weighted by Gasteiger charge is -2.24. The third-order valence-electron chi connectivity index (χ3n) is 4.36. The normalized spacial score (nSPS) is 12.7. The first kappa shape index (κ1) is 17.8. The minimum absolute atomic E-state index is 0.171. The average molecular weight is 372 g/mol. The number of nitrogens with zero attached hydrogens (tertiary/aromatic N) is 2. The van der Waals surface area contributed by atoms with Crippen molar-refractivity contribution in [2.24, 2.45) is 0 Å². The van der Waals surface area contributed by atoms with E-state index in [1.807, 2.05) is 66.7 Å². The van der Waals surface area contributed by atoms with Crippen LogP contribution in [0.2, 0.25) is 0 Å². The van der Waals surface area contributed by atoms with Gasteiger partial charge in [0, 0.05) is 24.5 Å². The monoisotopic (exact) mass is 372 g/mol. The maximum atomic E-state index is 13.1. The molecule has 4 rings (SSSR count). The Labute approximate surface area is 163 Å². The molecule has 0 saturated carbocycles. The second-order valence-corrected chi connectivity index (χ2v) is 6.27. The summed E-state index contributed by atoms with van der Waals surface area (Å²) in [7, 11) is 0. The van der Waals surface area contributed by atoms with Gasteiger partial charge in [-0.3, -0.25) is 9.78 Å². The van der Waals surface area contributed by atoms with Crippen LogP contribution in [0.15, 0.2) is 79.0 Å². The summed E-state index contributed by atoms with van der Waals surface area (Å²) in [5.41, 5.74) is 2.21. The molecule has 0 atom stereocenters. The maximum absolute atomic E-state index is 13.1. The van der Waals surface area contributed by atoms with Crippen molar-refractivity contribution in [2.75, 3.05) is 24.7 Å². The molecular formula is C23H20N2O3. The molecule has 1 aromatic heterocycles. The molecule has 0 N–H and O–H groups in total. The van der Waals surface area contributed by atoms with Crippen molar-refractivity contribution in [3.05, 3.63) is 90.3 Å². The number of ether oxygens (including phenoxy) is 2. The molecule has 5 heteroatoms. The molecule has 2 heterocycles. The van der Waals surface area contributed by atoms with Crippen molar-refractivity contribution in [2.45, 2.75) is 0 Å². The lowest BCUT2D eigenvalue weighted by molar-refractivity contribution is 0.0985. The molecule has 5 nitrogen and oxygen atoms in total. The molecule has 0 radical (unpaired) electrons. The summed E-state index contributed by atoms with van der Waals surface area (Å²) in [6.07, 6.45) is 5.58. The van der Waals surface area contributed by atoms with E-state index in [0.29, 0.717) is 37.0 Å². The summed E-state index contributed by atoms with van der Waals surface area (Å²) in [4.78, 5) is 19.0. The van der Waals surface area contributed by atoms with Crippen molar-refractivity contribution in [1.82, 2.24) is 4.98 Å². The highest BCUT2D eigenvalue weighted by molar-refractivity contribution is 6.05. The van der Waals surface area contributed by atoms with Gasteiger partial charge in [-0.2, -0.15) is 0 Å². The molecule has 0 unspecified atom stereocenters. The fraction of sp³-hybridized carbons (Fsp3) is 0.130. The summed E-state index contributed by atoms with van der Waals surface area (Å²) in [5, 5.41) is 0. The van der Waals surface area contributed by atoms with Gasteiger partial charge < -0.3 is 14.4 Å². The van der Waals surface area contributed by atoms with Gasteiger partial charge in [0.1, 0.15) is 18.9 Å². The Morgan fingerprint density at radius 2 is 1.75 bits per heavy atom. The van der Waals surface area contributed by atoms with E-state index in [1.54, 1.807) is 23.2 Å². The standard InChI is InChI=1S/C23H20N2O3/c26-23(20-10-4-5-13-24-20)25(14-6-9-18-7-2-1-3-8-18)19-11-12-21-22(17-19)28-16-15-27-21/h1-13,17H,14-16H2/b9-6+. The van der Waals surface area contributed by atoms with Gasteiger partial charge in [-0.15, -0.1) is 0 Å². The van der Waals surface area contributed by atoms with Gasteiger partial charge >= 0.3 is 0 Å². The highest BCUT2D eigenvalue weighted by atomic mass is 16.6. The van der Waals surface area contributed by atoms with E-state index in [0.717, 1.165) is 11.3 Å². The first-order valence-corrected chi connectivity index (χ1v) is 9.15. The number of anilines is 1. The van der Waals surface area contributed by atoms with E-state index in [2.05, 4.69) is 4.98 Å². The molecule has 3 aromatic rings. The predicted molar refractivity (Wildman–Crippen MR) is 109 cm³/mol. The molecule has 0 saturated heterocycles. The van der Waals surface area contributed by atoms with E-state index in [4.69, 9.17) is 9.47 Å². The second kappa shape index (κ2) is 8.39. The van der Waals surface area contributed by atoms with Crippen molar-refractivity contribution >= 4 is 17.7 Å². The van der Waals surface area contributed by atoms with Crippen LogP contribution in [0.1, 0.15) is 16.1 Å². The molecule has 1 aliphatic heterocycles. The number of amides is 1. The van der Waals surface area contributed by atoms with Crippen LogP contribution in [-0.4, -0.2) is 30.6 Å². The quantitative estimate of drug-likeness (QED) is 0.673. The van der Waals surface area contributed by atoms with Gasteiger partial charge in [-0.05, 0) is 29.8 Å². The Morgan fingerprint density at radius 1 is 0.964 bits per heavy atom. The number of hydrogen-bond acceptors (Lipinski definition) is 4. The first-order valence-electron chi connectivity index (χ1n) is 9.15. The van der Waals surface area contributed by atoms with E-state index in [1.165, 1.54) is 0 Å². The minimum atomic E-state index is -0.171. The highest BCUT2D eigenvalue weighted by Crippen LogP contribution is 2.34. The molecule has 0 bridgehead atoms. The maximum Gasteiger partial charge on any atom is 0.277 e. The van der Waals surface area contributed by atoms with Gasteiger partial charge in [-0.25, -0.2) is 0 Å². The first-order chi connectivity index (χ1) is 13.8. The summed E-state index contributed by atoms with van der Waals surface area (Å²) >= 11 is 0. The lowest BCUT2D eigenvalue weighted by atomic mass is 10.2. The molecule has 140 valence electrons. The van der Waals surface area contributed by atoms with Crippen LogP contribution in [0.4, 0.5) is 5.69 Å². The number of carbonyl (C=O) groups excluding carboxylic acids is 1. The van der Waals surface area contributed by atoms with E-state index < -0.39 is 0 Å². The van der Waals surface area contributed by atoms with Crippen molar-refractivity contribution in [3.63, 3.8) is 0 Å². The Morgan fingerprint density at radius 3 is 2.54 bits per heavy atom. The third-order valence-corrected chi connectivity index (χ3v) is 4.36. The van der Waals surface area contributed by atoms with Gasteiger partial charge in [0.05, 0.1) is 0 Å². The predicted octanol–water partition coefficient (Wildman–Crippen LogP) is 4.21. The minimum Gasteiger partial charge on any atom is -0.486 e. The zero-order valence-electron chi connectivity index (χ0n) is 15.3. The molecular weight excluding hydrogens is 352 g/mol. The van der Waals surface area contributed by atoms with Crippen molar-refractivity contribution in [1.29, 1.82) is 0 Å². The summed E-state index contributed by atoms with van der Waals surface area (Å²) in [6.45, 7) is 1.44. The number of pyridine rings is 1. The number of fused-ring (bicyclic) bond motifs is 1. The van der Waals surface area contributed by atoms with E-state index >= 15 is 0 Å². The summed E-state index contributed by atoms with van der Waals surface area (Å²) in [6, 6.07) is 20.8. The fourth-order valence-electron chi connectivity index (χ4n) is 2.99. The van der Waals surface area contributed by atoms with Crippen LogP contribution in [0.25, 0.3) is 6.08 Å². The van der Waals surface area contributed by atoms with Crippen LogP contribution >= 0.6 is 0 Å². The summed E-state index contributed by atoms with van der Waals surface area (Å²) in [5.74, 6) is 1.17. The third kappa shape index (κ3) is 4.04. The molecule has 2 aromatic carbocycles. The molecule has 1 aliphatic rings. The van der Waals surface area contributed by atoms with Gasteiger partial charge in [-0.1, -0.05) is 48.6 Å². The molecule has 0 aliphatic carbocycles. The number of benzene rings is 2. The Kier molecular flexibility index (Phi) is 5.33. The highest BCUT2D eigenvalue weighted by Gasteiger charge is 2.20. The zero-order valence-corrected chi connectivity index (χ0v) is 15.3. The number of rotatable bonds is 5. The van der Waals surface area contributed by atoms with Gasteiger partial charge in [0.25, 0.3) is 5.91 Å². The van der Waals surface area contributed by atoms with Crippen LogP contribution in [0.5, 0.6) is 11.5 Å². The molecule has 28 heavy (non-hydrogen) atoms. The molecule has 0 spiro atoms. The Balaban J connectivity index is 1.63. The van der Waals surface area contributed by atoms with Gasteiger partial charge in [0.15, 0.2) is 11.5 Å². The zero-order chi connectivity index (χ0) is 19.2. The number of hydrogen-bond donors (Lipinski definition) is 0. The number of carbonyl (C=O) groups is 1. The number of aromatic nitrogens is 1. The summed E-state index contributed by atoms with van der Waals surface area (Å²) < 4.78 is 11.3. The van der Waals surface area contributed by atoms with Crippen LogP contribution in [-0.2, 0) is 0 Å². The van der Waals surface area contributed by atoms with Gasteiger partial charge in [0.2, 0.25) is 0 Å². The largest absolute Gasteiger partial charge is 0.486 e. The SMILES string of the molecule is O=C(c1ccccn1)N(C/C=C/c1ccccc1)c1ccc2c(c1)OCCO2. The van der Waals surface area contributed by atoms with Crippen molar-refractivity contribution in [3.8, 4) is 11.5 Å². The Hall–Kier alpha value is -3.60. The van der Waals surface area contributed by atoms with Crippen LogP contribution < -0.4 is 14.4 Å². The van der Waals surface area contributed by atoms with Crippen molar-refractivity contribution < 1.29 is 14.3 Å². The lowest BCUT2D eigenvalue weighted by Crippen LogP contribution is -2.32. The average Bonchev–Trinajstić information content (AvgIpc) is 2.77.